The first-order valence-corrected chi connectivity index (χ1v) is 11.1. The van der Waals surface area contributed by atoms with Gasteiger partial charge in [-0.3, -0.25) is 4.79 Å². The molecule has 0 aliphatic heterocycles. The molecule has 0 unspecified atom stereocenters. The fourth-order valence-corrected chi connectivity index (χ4v) is 4.00. The molecule has 4 rings (SSSR count). The van der Waals surface area contributed by atoms with E-state index >= 15 is 0 Å². The lowest BCUT2D eigenvalue weighted by Gasteiger charge is -2.19. The van der Waals surface area contributed by atoms with Gasteiger partial charge in [0.2, 0.25) is 5.91 Å². The van der Waals surface area contributed by atoms with Crippen LogP contribution < -0.4 is 10.1 Å². The van der Waals surface area contributed by atoms with Crippen LogP contribution in [0, 0.1) is 6.92 Å². The van der Waals surface area contributed by atoms with Crippen molar-refractivity contribution in [1.82, 2.24) is 0 Å². The number of amides is 1. The Morgan fingerprint density at radius 3 is 2.12 bits per heavy atom. The highest BCUT2D eigenvalue weighted by Gasteiger charge is 2.19. The molecule has 0 saturated carbocycles. The van der Waals surface area contributed by atoms with Crippen molar-refractivity contribution < 1.29 is 9.53 Å². The standard InChI is InChI=1S/C29H29NO2/c1-20(2)32-25-17-15-24(16-18-25)27(23-13-11-21(3)12-14-23)19-29(31)30-28-10-6-8-22-7-4-5-9-26(22)28/h4-18,20,27H,19H2,1-3H3,(H,30,31)/t27-/m1/s1. The van der Waals surface area contributed by atoms with Crippen LogP contribution in [0.25, 0.3) is 10.8 Å². The summed E-state index contributed by atoms with van der Waals surface area (Å²) in [5.41, 5.74) is 4.27. The Balaban J connectivity index is 1.60. The number of ether oxygens (including phenoxy) is 1. The van der Waals surface area contributed by atoms with Crippen molar-refractivity contribution in [1.29, 1.82) is 0 Å². The lowest BCUT2D eigenvalue weighted by atomic mass is 9.87. The number of anilines is 1. The molecule has 0 aliphatic rings. The topological polar surface area (TPSA) is 38.3 Å². The quantitative estimate of drug-likeness (QED) is 0.344. The Labute approximate surface area is 190 Å². The van der Waals surface area contributed by atoms with E-state index in [0.717, 1.165) is 33.3 Å². The van der Waals surface area contributed by atoms with E-state index in [1.807, 2.05) is 56.3 Å². The van der Waals surface area contributed by atoms with Gasteiger partial charge in [-0.1, -0.05) is 78.4 Å². The molecule has 4 aromatic rings. The fourth-order valence-electron chi connectivity index (χ4n) is 4.00. The van der Waals surface area contributed by atoms with Crippen LogP contribution in [0.4, 0.5) is 5.69 Å². The van der Waals surface area contributed by atoms with Gasteiger partial charge in [-0.15, -0.1) is 0 Å². The van der Waals surface area contributed by atoms with Gasteiger partial charge < -0.3 is 10.1 Å². The fraction of sp³-hybridized carbons (Fsp3) is 0.207. The van der Waals surface area contributed by atoms with E-state index in [1.165, 1.54) is 5.56 Å². The first-order valence-electron chi connectivity index (χ1n) is 11.1. The average molecular weight is 424 g/mol. The number of nitrogens with one attached hydrogen (secondary N) is 1. The first-order chi connectivity index (χ1) is 15.5. The molecule has 32 heavy (non-hydrogen) atoms. The van der Waals surface area contributed by atoms with Gasteiger partial charge in [0.15, 0.2) is 0 Å². The van der Waals surface area contributed by atoms with Crippen molar-refractivity contribution >= 4 is 22.4 Å². The third kappa shape index (κ3) is 5.17. The summed E-state index contributed by atoms with van der Waals surface area (Å²) < 4.78 is 5.79. The molecule has 0 aromatic heterocycles. The van der Waals surface area contributed by atoms with Crippen LogP contribution in [0.2, 0.25) is 0 Å². The molecule has 0 heterocycles. The van der Waals surface area contributed by atoms with Gasteiger partial charge in [0.1, 0.15) is 5.75 Å². The lowest BCUT2D eigenvalue weighted by molar-refractivity contribution is -0.116. The summed E-state index contributed by atoms with van der Waals surface area (Å²) in [4.78, 5) is 13.2. The highest BCUT2D eigenvalue weighted by molar-refractivity contribution is 6.02. The minimum absolute atomic E-state index is 0.00515. The maximum Gasteiger partial charge on any atom is 0.225 e. The maximum absolute atomic E-state index is 13.2. The zero-order valence-corrected chi connectivity index (χ0v) is 18.8. The molecule has 0 saturated heterocycles. The van der Waals surface area contributed by atoms with E-state index in [-0.39, 0.29) is 17.9 Å². The molecule has 3 heteroatoms. The van der Waals surface area contributed by atoms with Gasteiger partial charge in [-0.05, 0) is 55.5 Å². The Morgan fingerprint density at radius 1 is 0.812 bits per heavy atom. The monoisotopic (exact) mass is 423 g/mol. The van der Waals surface area contributed by atoms with Crippen LogP contribution in [-0.2, 0) is 4.79 Å². The molecule has 1 atom stereocenters. The second-order valence-corrected chi connectivity index (χ2v) is 8.48. The number of hydrogen-bond acceptors (Lipinski definition) is 2. The molecule has 0 fully saturated rings. The summed E-state index contributed by atoms with van der Waals surface area (Å²) in [6.07, 6.45) is 0.483. The summed E-state index contributed by atoms with van der Waals surface area (Å²) in [6.45, 7) is 6.10. The maximum atomic E-state index is 13.2. The van der Waals surface area contributed by atoms with Gasteiger partial charge in [-0.25, -0.2) is 0 Å². The molecule has 1 amide bonds. The van der Waals surface area contributed by atoms with E-state index < -0.39 is 0 Å². The van der Waals surface area contributed by atoms with Gasteiger partial charge in [-0.2, -0.15) is 0 Å². The molecular formula is C29H29NO2. The van der Waals surface area contributed by atoms with E-state index in [9.17, 15) is 4.79 Å². The molecule has 0 radical (unpaired) electrons. The number of rotatable bonds is 7. The van der Waals surface area contributed by atoms with Crippen LogP contribution in [0.5, 0.6) is 5.75 Å². The van der Waals surface area contributed by atoms with Crippen molar-refractivity contribution in [3.63, 3.8) is 0 Å². The van der Waals surface area contributed by atoms with Crippen LogP contribution in [0.15, 0.2) is 91.0 Å². The number of aryl methyl sites for hydroxylation is 1. The van der Waals surface area contributed by atoms with Gasteiger partial charge in [0, 0.05) is 23.4 Å². The molecule has 0 bridgehead atoms. The van der Waals surface area contributed by atoms with E-state index in [0.29, 0.717) is 6.42 Å². The van der Waals surface area contributed by atoms with Crippen molar-refractivity contribution in [3.8, 4) is 5.75 Å². The van der Waals surface area contributed by atoms with E-state index in [2.05, 4.69) is 60.8 Å². The summed E-state index contributed by atoms with van der Waals surface area (Å²) in [7, 11) is 0. The molecular weight excluding hydrogens is 394 g/mol. The van der Waals surface area contributed by atoms with Gasteiger partial charge in [0.05, 0.1) is 6.10 Å². The largest absolute Gasteiger partial charge is 0.491 e. The highest BCUT2D eigenvalue weighted by atomic mass is 16.5. The molecule has 3 nitrogen and oxygen atoms in total. The second kappa shape index (κ2) is 9.69. The predicted molar refractivity (Wildman–Crippen MR) is 132 cm³/mol. The summed E-state index contributed by atoms with van der Waals surface area (Å²) in [6, 6.07) is 30.6. The SMILES string of the molecule is Cc1ccc([C@@H](CC(=O)Nc2cccc3ccccc23)c2ccc(OC(C)C)cc2)cc1. The minimum Gasteiger partial charge on any atom is -0.491 e. The first kappa shape index (κ1) is 21.6. The third-order valence-electron chi connectivity index (χ3n) is 5.59. The summed E-state index contributed by atoms with van der Waals surface area (Å²) >= 11 is 0. The normalized spacial score (nSPS) is 12.0. The zero-order valence-electron chi connectivity index (χ0n) is 18.8. The number of carbonyl (C=O) groups excluding carboxylic acids is 1. The Bertz CT molecular complexity index is 1190. The van der Waals surface area contributed by atoms with Crippen molar-refractivity contribution in [2.75, 3.05) is 5.32 Å². The number of carbonyl (C=O) groups is 1. The van der Waals surface area contributed by atoms with Crippen LogP contribution >= 0.6 is 0 Å². The molecule has 162 valence electrons. The van der Waals surface area contributed by atoms with Gasteiger partial charge >= 0.3 is 0 Å². The Hall–Kier alpha value is -3.59. The predicted octanol–water partition coefficient (Wildman–Crippen LogP) is 7.10. The lowest BCUT2D eigenvalue weighted by Crippen LogP contribution is -2.17. The van der Waals surface area contributed by atoms with Crippen LogP contribution in [0.1, 0.15) is 42.9 Å². The number of benzene rings is 4. The van der Waals surface area contributed by atoms with Crippen molar-refractivity contribution in [2.24, 2.45) is 0 Å². The van der Waals surface area contributed by atoms with Crippen molar-refractivity contribution in [3.05, 3.63) is 108 Å². The van der Waals surface area contributed by atoms with Crippen molar-refractivity contribution in [2.45, 2.75) is 39.2 Å². The second-order valence-electron chi connectivity index (χ2n) is 8.48. The molecule has 0 spiro atoms. The van der Waals surface area contributed by atoms with Gasteiger partial charge in [0.25, 0.3) is 0 Å². The Kier molecular flexibility index (Phi) is 6.55. The third-order valence-corrected chi connectivity index (χ3v) is 5.59. The van der Waals surface area contributed by atoms with E-state index in [4.69, 9.17) is 4.74 Å². The summed E-state index contributed by atoms with van der Waals surface area (Å²) in [5, 5.41) is 5.30. The summed E-state index contributed by atoms with van der Waals surface area (Å²) in [5.74, 6) is 0.791. The molecule has 1 N–H and O–H groups in total. The smallest absolute Gasteiger partial charge is 0.225 e. The molecule has 4 aromatic carbocycles. The van der Waals surface area contributed by atoms with Crippen LogP contribution in [-0.4, -0.2) is 12.0 Å². The zero-order chi connectivity index (χ0) is 22.5. The highest BCUT2D eigenvalue weighted by Crippen LogP contribution is 2.31. The van der Waals surface area contributed by atoms with Crippen LogP contribution in [0.3, 0.4) is 0 Å². The number of fused-ring (bicyclic) bond motifs is 1. The molecule has 0 aliphatic carbocycles. The minimum atomic E-state index is -0.0429. The Morgan fingerprint density at radius 2 is 1.44 bits per heavy atom. The number of hydrogen-bond donors (Lipinski definition) is 1. The average Bonchev–Trinajstić information content (AvgIpc) is 2.79. The van der Waals surface area contributed by atoms with E-state index in [1.54, 1.807) is 0 Å².